The van der Waals surface area contributed by atoms with E-state index in [2.05, 4.69) is 4.99 Å². The van der Waals surface area contributed by atoms with Gasteiger partial charge in [0.2, 0.25) is 9.84 Å². The lowest BCUT2D eigenvalue weighted by molar-refractivity contribution is 0.240. The molecule has 0 aliphatic carbocycles. The average Bonchev–Trinajstić information content (AvgIpc) is 2.52. The zero-order chi connectivity index (χ0) is 10.9. The number of nitrogens with zero attached hydrogens (tertiary/aromatic N) is 1. The van der Waals surface area contributed by atoms with Gasteiger partial charge in [-0.15, -0.1) is 0 Å². The van der Waals surface area contributed by atoms with Crippen LogP contribution in [0.2, 0.25) is 0 Å². The molecule has 1 aromatic carbocycles. The van der Waals surface area contributed by atoms with Gasteiger partial charge in [-0.2, -0.15) is 0 Å². The molecule has 1 heterocycles. The van der Waals surface area contributed by atoms with Crippen LogP contribution < -0.4 is 5.48 Å². The van der Waals surface area contributed by atoms with Gasteiger partial charge in [-0.05, 0) is 23.8 Å². The van der Waals surface area contributed by atoms with Crippen LogP contribution in [0.15, 0.2) is 33.5 Å². The largest absolute Gasteiger partial charge is 0.290 e. The van der Waals surface area contributed by atoms with E-state index in [0.717, 1.165) is 11.7 Å². The van der Waals surface area contributed by atoms with E-state index in [4.69, 9.17) is 5.21 Å². The highest BCUT2D eigenvalue weighted by Gasteiger charge is 2.20. The molecule has 5 nitrogen and oxygen atoms in total. The minimum absolute atomic E-state index is 0.245. The van der Waals surface area contributed by atoms with Crippen molar-refractivity contribution < 1.29 is 13.6 Å². The SMILES string of the molecule is O=S1(=O)C=Cc2ccc(N=CNO)cc21. The Morgan fingerprint density at radius 3 is 2.93 bits per heavy atom. The van der Waals surface area contributed by atoms with Gasteiger partial charge in [0.25, 0.3) is 0 Å². The summed E-state index contributed by atoms with van der Waals surface area (Å²) in [4.78, 5) is 4.03. The van der Waals surface area contributed by atoms with Crippen molar-refractivity contribution in [2.24, 2.45) is 4.99 Å². The first-order chi connectivity index (χ1) is 7.13. The van der Waals surface area contributed by atoms with Crippen LogP contribution in [-0.4, -0.2) is 20.0 Å². The molecule has 0 saturated carbocycles. The third kappa shape index (κ3) is 1.77. The first kappa shape index (κ1) is 9.88. The standard InChI is InChI=1S/C9H8N2O3S/c12-11-6-10-8-2-1-7-3-4-15(13,14)9(7)5-8/h1-6,12H,(H,10,11). The van der Waals surface area contributed by atoms with Crippen molar-refractivity contribution in [1.29, 1.82) is 0 Å². The molecule has 2 N–H and O–H groups in total. The van der Waals surface area contributed by atoms with Gasteiger partial charge in [-0.3, -0.25) is 10.7 Å². The topological polar surface area (TPSA) is 78.8 Å². The molecule has 2 rings (SSSR count). The Bertz CT molecular complexity index is 546. The summed E-state index contributed by atoms with van der Waals surface area (Å²) in [5.74, 6) is 0. The molecule has 15 heavy (non-hydrogen) atoms. The van der Waals surface area contributed by atoms with Crippen molar-refractivity contribution in [3.05, 3.63) is 29.2 Å². The Balaban J connectivity index is 2.49. The van der Waals surface area contributed by atoms with Gasteiger partial charge in [0.15, 0.2) is 0 Å². The second-order valence-corrected chi connectivity index (χ2v) is 4.76. The molecule has 6 heteroatoms. The number of hydrogen-bond donors (Lipinski definition) is 2. The number of rotatable bonds is 2. The van der Waals surface area contributed by atoms with E-state index in [1.54, 1.807) is 23.7 Å². The van der Waals surface area contributed by atoms with Gasteiger partial charge >= 0.3 is 0 Å². The van der Waals surface area contributed by atoms with Crippen LogP contribution in [-0.2, 0) is 9.84 Å². The summed E-state index contributed by atoms with van der Waals surface area (Å²) < 4.78 is 23.0. The Morgan fingerprint density at radius 1 is 1.40 bits per heavy atom. The minimum atomic E-state index is -3.29. The fraction of sp³-hybridized carbons (Fsp3) is 0. The van der Waals surface area contributed by atoms with Crippen molar-refractivity contribution >= 4 is 27.9 Å². The third-order valence-corrected chi connectivity index (χ3v) is 3.46. The molecule has 0 amide bonds. The summed E-state index contributed by atoms with van der Waals surface area (Å²) in [7, 11) is -3.29. The highest BCUT2D eigenvalue weighted by molar-refractivity contribution is 7.94. The second kappa shape index (κ2) is 3.48. The maximum absolute atomic E-state index is 11.5. The molecule has 0 atom stereocenters. The summed E-state index contributed by atoms with van der Waals surface area (Å²) >= 11 is 0. The fourth-order valence-corrected chi connectivity index (χ4v) is 2.55. The number of benzene rings is 1. The monoisotopic (exact) mass is 224 g/mol. The average molecular weight is 224 g/mol. The Labute approximate surface area is 86.6 Å². The summed E-state index contributed by atoms with van der Waals surface area (Å²) in [6, 6.07) is 4.79. The van der Waals surface area contributed by atoms with E-state index in [9.17, 15) is 8.42 Å². The maximum Gasteiger partial charge on any atom is 0.200 e. The van der Waals surface area contributed by atoms with Crippen molar-refractivity contribution in [1.82, 2.24) is 5.48 Å². The minimum Gasteiger partial charge on any atom is -0.290 e. The van der Waals surface area contributed by atoms with E-state index in [1.807, 2.05) is 0 Å². The number of hydroxylamine groups is 1. The molecule has 0 radical (unpaired) electrons. The first-order valence-electron chi connectivity index (χ1n) is 4.13. The van der Waals surface area contributed by atoms with Gasteiger partial charge in [-0.25, -0.2) is 13.4 Å². The van der Waals surface area contributed by atoms with E-state index >= 15 is 0 Å². The number of fused-ring (bicyclic) bond motifs is 1. The molecule has 1 aromatic rings. The second-order valence-electron chi connectivity index (χ2n) is 2.96. The summed E-state index contributed by atoms with van der Waals surface area (Å²) in [6.07, 6.45) is 2.61. The Morgan fingerprint density at radius 2 is 2.20 bits per heavy atom. The zero-order valence-electron chi connectivity index (χ0n) is 7.58. The number of aliphatic imine (C=N–C) groups is 1. The predicted octanol–water partition coefficient (Wildman–Crippen LogP) is 1.08. The van der Waals surface area contributed by atoms with Gasteiger partial charge < -0.3 is 0 Å². The Kier molecular flexibility index (Phi) is 2.29. The van der Waals surface area contributed by atoms with Gasteiger partial charge in [-0.1, -0.05) is 6.07 Å². The third-order valence-electron chi connectivity index (χ3n) is 2.00. The van der Waals surface area contributed by atoms with E-state index in [-0.39, 0.29) is 4.90 Å². The zero-order valence-corrected chi connectivity index (χ0v) is 8.40. The quantitative estimate of drug-likeness (QED) is 0.447. The summed E-state index contributed by atoms with van der Waals surface area (Å²) in [6.45, 7) is 0. The van der Waals surface area contributed by atoms with Crippen LogP contribution in [0.5, 0.6) is 0 Å². The smallest absolute Gasteiger partial charge is 0.200 e. The highest BCUT2D eigenvalue weighted by atomic mass is 32.2. The first-order valence-corrected chi connectivity index (χ1v) is 5.67. The fourth-order valence-electron chi connectivity index (χ4n) is 1.33. The van der Waals surface area contributed by atoms with Crippen molar-refractivity contribution in [3.8, 4) is 0 Å². The molecule has 1 aliphatic rings. The van der Waals surface area contributed by atoms with Gasteiger partial charge in [0.1, 0.15) is 6.34 Å². The van der Waals surface area contributed by atoms with E-state index in [0.29, 0.717) is 11.3 Å². The van der Waals surface area contributed by atoms with Crippen molar-refractivity contribution in [2.75, 3.05) is 0 Å². The number of hydrogen-bond acceptors (Lipinski definition) is 4. The molecule has 0 aromatic heterocycles. The molecular formula is C9H8N2O3S. The van der Waals surface area contributed by atoms with Crippen LogP contribution in [0.25, 0.3) is 6.08 Å². The van der Waals surface area contributed by atoms with Gasteiger partial charge in [0.05, 0.1) is 10.6 Å². The van der Waals surface area contributed by atoms with Crippen LogP contribution in [0.3, 0.4) is 0 Å². The highest BCUT2D eigenvalue weighted by Crippen LogP contribution is 2.29. The molecule has 0 fully saturated rings. The number of nitrogens with one attached hydrogen (secondary N) is 1. The molecule has 0 bridgehead atoms. The lowest BCUT2D eigenvalue weighted by Gasteiger charge is -1.99. The predicted molar refractivity (Wildman–Crippen MR) is 55.7 cm³/mol. The van der Waals surface area contributed by atoms with Crippen molar-refractivity contribution in [2.45, 2.75) is 4.90 Å². The number of sulfone groups is 1. The van der Waals surface area contributed by atoms with Crippen molar-refractivity contribution in [3.63, 3.8) is 0 Å². The molecular weight excluding hydrogens is 216 g/mol. The Hall–Kier alpha value is -1.66. The normalized spacial score (nSPS) is 16.9. The maximum atomic E-state index is 11.5. The lowest BCUT2D eigenvalue weighted by atomic mass is 10.2. The van der Waals surface area contributed by atoms with Crippen LogP contribution in [0, 0.1) is 0 Å². The summed E-state index contributed by atoms with van der Waals surface area (Å²) in [5.41, 5.74) is 2.87. The van der Waals surface area contributed by atoms with Crippen LogP contribution in [0.4, 0.5) is 5.69 Å². The molecule has 0 unspecified atom stereocenters. The molecule has 0 spiro atoms. The van der Waals surface area contributed by atoms with E-state index < -0.39 is 9.84 Å². The molecule has 78 valence electrons. The lowest BCUT2D eigenvalue weighted by Crippen LogP contribution is -2.01. The van der Waals surface area contributed by atoms with E-state index in [1.165, 1.54) is 6.07 Å². The van der Waals surface area contributed by atoms with Crippen LogP contribution >= 0.6 is 0 Å². The van der Waals surface area contributed by atoms with Gasteiger partial charge in [0, 0.05) is 5.41 Å². The van der Waals surface area contributed by atoms with Crippen LogP contribution in [0.1, 0.15) is 5.56 Å². The summed E-state index contributed by atoms with van der Waals surface area (Å²) in [5, 5.41) is 9.46. The molecule has 1 aliphatic heterocycles. The molecule has 0 saturated heterocycles.